The second-order valence-electron chi connectivity index (χ2n) is 6.26. The highest BCUT2D eigenvalue weighted by Crippen LogP contribution is 2.11. The molecule has 2 aromatic rings. The highest BCUT2D eigenvalue weighted by molar-refractivity contribution is 7.99. The summed E-state index contributed by atoms with van der Waals surface area (Å²) in [6.45, 7) is 6.78. The maximum absolute atomic E-state index is 12.4. The van der Waals surface area contributed by atoms with Crippen molar-refractivity contribution in [2.24, 2.45) is 0 Å². The number of carbonyl (C=O) groups is 1. The molecule has 2 amide bonds. The Bertz CT molecular complexity index is 693. The molecule has 1 saturated heterocycles. The van der Waals surface area contributed by atoms with Crippen molar-refractivity contribution in [3.8, 4) is 0 Å². The Balaban J connectivity index is 1.37. The highest BCUT2D eigenvalue weighted by Gasteiger charge is 2.18. The standard InChI is InChI=1S/C17H25N7OS/c1-14-20-16(22-21-14)26-11-6-19-17(25)24-8-3-7-23(9-10-24)13-15-4-2-5-18-12-15/h2,4-5,12H,3,6-11,13H2,1H3,(H,19,25)(H,20,21,22). The maximum Gasteiger partial charge on any atom is 0.317 e. The molecule has 9 heteroatoms. The second kappa shape index (κ2) is 9.54. The Morgan fingerprint density at radius 2 is 2.27 bits per heavy atom. The number of amides is 2. The minimum absolute atomic E-state index is 0.0139. The molecule has 0 bridgehead atoms. The van der Waals surface area contributed by atoms with Crippen LogP contribution in [-0.2, 0) is 6.54 Å². The molecule has 1 aliphatic heterocycles. The molecule has 0 radical (unpaired) electrons. The Hall–Kier alpha value is -2.13. The summed E-state index contributed by atoms with van der Waals surface area (Å²) in [6, 6.07) is 4.07. The molecule has 26 heavy (non-hydrogen) atoms. The Morgan fingerprint density at radius 3 is 3.04 bits per heavy atom. The van der Waals surface area contributed by atoms with Crippen molar-refractivity contribution in [3.63, 3.8) is 0 Å². The zero-order chi connectivity index (χ0) is 18.2. The van der Waals surface area contributed by atoms with Crippen LogP contribution in [0.3, 0.4) is 0 Å². The number of nitrogens with one attached hydrogen (secondary N) is 2. The Labute approximate surface area is 157 Å². The van der Waals surface area contributed by atoms with Crippen LogP contribution in [0.4, 0.5) is 4.79 Å². The molecule has 0 atom stereocenters. The molecular weight excluding hydrogens is 350 g/mol. The lowest BCUT2D eigenvalue weighted by Crippen LogP contribution is -2.42. The average molecular weight is 376 g/mol. The summed E-state index contributed by atoms with van der Waals surface area (Å²) >= 11 is 1.53. The number of aryl methyl sites for hydroxylation is 1. The number of hydrogen-bond acceptors (Lipinski definition) is 6. The number of hydrogen-bond donors (Lipinski definition) is 2. The normalized spacial score (nSPS) is 15.7. The van der Waals surface area contributed by atoms with Crippen LogP contribution in [0.2, 0.25) is 0 Å². The van der Waals surface area contributed by atoms with Crippen molar-refractivity contribution in [3.05, 3.63) is 35.9 Å². The third-order valence-electron chi connectivity index (χ3n) is 4.19. The fraction of sp³-hybridized carbons (Fsp3) is 0.529. The van der Waals surface area contributed by atoms with Crippen LogP contribution in [0.5, 0.6) is 0 Å². The zero-order valence-corrected chi connectivity index (χ0v) is 15.8. The van der Waals surface area contributed by atoms with Crippen molar-refractivity contribution in [1.29, 1.82) is 0 Å². The van der Waals surface area contributed by atoms with E-state index in [-0.39, 0.29) is 6.03 Å². The average Bonchev–Trinajstić information content (AvgIpc) is 2.92. The molecule has 3 rings (SSSR count). The third kappa shape index (κ3) is 5.70. The number of H-pyrrole nitrogens is 1. The lowest BCUT2D eigenvalue weighted by Gasteiger charge is -2.22. The highest BCUT2D eigenvalue weighted by atomic mass is 32.2. The Kier molecular flexibility index (Phi) is 6.84. The van der Waals surface area contributed by atoms with Gasteiger partial charge in [0, 0.05) is 57.4 Å². The summed E-state index contributed by atoms with van der Waals surface area (Å²) < 4.78 is 0. The molecule has 1 aliphatic rings. The number of carbonyl (C=O) groups excluding carboxylic acids is 1. The van der Waals surface area contributed by atoms with E-state index in [1.165, 1.54) is 17.3 Å². The first-order chi connectivity index (χ1) is 12.7. The summed E-state index contributed by atoms with van der Waals surface area (Å²) in [7, 11) is 0. The van der Waals surface area contributed by atoms with E-state index < -0.39 is 0 Å². The molecule has 0 aliphatic carbocycles. The molecule has 3 heterocycles. The molecule has 0 unspecified atom stereocenters. The van der Waals surface area contributed by atoms with Crippen molar-refractivity contribution in [2.45, 2.75) is 25.0 Å². The number of urea groups is 1. The summed E-state index contributed by atoms with van der Waals surface area (Å²) in [6.07, 6.45) is 4.68. The first-order valence-electron chi connectivity index (χ1n) is 8.86. The fourth-order valence-electron chi connectivity index (χ4n) is 2.88. The molecule has 0 saturated carbocycles. The molecule has 0 spiro atoms. The second-order valence-corrected chi connectivity index (χ2v) is 7.32. The number of pyridine rings is 1. The van der Waals surface area contributed by atoms with Crippen molar-refractivity contribution in [2.75, 3.05) is 38.5 Å². The number of rotatable bonds is 6. The lowest BCUT2D eigenvalue weighted by molar-refractivity contribution is 0.198. The SMILES string of the molecule is Cc1nc(SCCNC(=O)N2CCCN(Cc3cccnc3)CC2)n[nH]1. The van der Waals surface area contributed by atoms with Gasteiger partial charge in [0.1, 0.15) is 5.82 Å². The van der Waals surface area contributed by atoms with Gasteiger partial charge in [-0.3, -0.25) is 15.0 Å². The number of thioether (sulfide) groups is 1. The van der Waals surface area contributed by atoms with E-state index in [0.29, 0.717) is 6.54 Å². The van der Waals surface area contributed by atoms with E-state index in [9.17, 15) is 4.79 Å². The topological polar surface area (TPSA) is 90.0 Å². The summed E-state index contributed by atoms with van der Waals surface area (Å²) in [4.78, 5) is 25.1. The van der Waals surface area contributed by atoms with Gasteiger partial charge in [-0.2, -0.15) is 0 Å². The number of aromatic nitrogens is 4. The van der Waals surface area contributed by atoms with Gasteiger partial charge < -0.3 is 10.2 Å². The molecule has 2 aromatic heterocycles. The van der Waals surface area contributed by atoms with Crippen molar-refractivity contribution >= 4 is 17.8 Å². The molecule has 140 valence electrons. The Morgan fingerprint density at radius 1 is 1.35 bits per heavy atom. The fourth-order valence-corrected chi connectivity index (χ4v) is 3.58. The minimum atomic E-state index is 0.0139. The largest absolute Gasteiger partial charge is 0.337 e. The van der Waals surface area contributed by atoms with Gasteiger partial charge in [0.05, 0.1) is 0 Å². The van der Waals surface area contributed by atoms with E-state index in [4.69, 9.17) is 0 Å². The monoisotopic (exact) mass is 375 g/mol. The van der Waals surface area contributed by atoms with Crippen LogP contribution < -0.4 is 5.32 Å². The predicted molar refractivity (Wildman–Crippen MR) is 101 cm³/mol. The smallest absolute Gasteiger partial charge is 0.317 e. The lowest BCUT2D eigenvalue weighted by atomic mass is 10.2. The van der Waals surface area contributed by atoms with Gasteiger partial charge in [0.15, 0.2) is 0 Å². The van der Waals surface area contributed by atoms with Gasteiger partial charge in [0.25, 0.3) is 0 Å². The van der Waals surface area contributed by atoms with E-state index in [2.05, 4.69) is 36.4 Å². The van der Waals surface area contributed by atoms with Crippen molar-refractivity contribution in [1.82, 2.24) is 35.3 Å². The van der Waals surface area contributed by atoms with Crippen LogP contribution in [0.15, 0.2) is 29.7 Å². The van der Waals surface area contributed by atoms with Gasteiger partial charge in [-0.15, -0.1) is 5.10 Å². The molecule has 1 fully saturated rings. The third-order valence-corrected chi connectivity index (χ3v) is 5.04. The quantitative estimate of drug-likeness (QED) is 0.588. The van der Waals surface area contributed by atoms with Crippen LogP contribution in [0.25, 0.3) is 0 Å². The van der Waals surface area contributed by atoms with Gasteiger partial charge in [0.2, 0.25) is 5.16 Å². The van der Waals surface area contributed by atoms with Crippen LogP contribution >= 0.6 is 11.8 Å². The minimum Gasteiger partial charge on any atom is -0.337 e. The number of nitrogens with zero attached hydrogens (tertiary/aromatic N) is 5. The van der Waals surface area contributed by atoms with E-state index in [1.807, 2.05) is 24.1 Å². The van der Waals surface area contributed by atoms with Crippen LogP contribution in [0.1, 0.15) is 17.8 Å². The van der Waals surface area contributed by atoms with E-state index in [1.54, 1.807) is 6.20 Å². The van der Waals surface area contributed by atoms with Crippen LogP contribution in [0, 0.1) is 6.92 Å². The first kappa shape index (κ1) is 18.7. The van der Waals surface area contributed by atoms with Crippen molar-refractivity contribution < 1.29 is 4.79 Å². The van der Waals surface area contributed by atoms with Gasteiger partial charge in [-0.1, -0.05) is 17.8 Å². The zero-order valence-electron chi connectivity index (χ0n) is 15.0. The molecule has 0 aromatic carbocycles. The van der Waals surface area contributed by atoms with Gasteiger partial charge in [-0.25, -0.2) is 9.78 Å². The first-order valence-corrected chi connectivity index (χ1v) is 9.85. The predicted octanol–water partition coefficient (Wildman–Crippen LogP) is 1.52. The molecule has 2 N–H and O–H groups in total. The summed E-state index contributed by atoms with van der Waals surface area (Å²) in [5.74, 6) is 1.56. The maximum atomic E-state index is 12.4. The summed E-state index contributed by atoms with van der Waals surface area (Å²) in [5, 5.41) is 10.6. The molecule has 8 nitrogen and oxygen atoms in total. The van der Waals surface area contributed by atoms with E-state index in [0.717, 1.165) is 55.9 Å². The van der Waals surface area contributed by atoms with E-state index >= 15 is 0 Å². The molecular formula is C17H25N7OS. The number of aromatic amines is 1. The van der Waals surface area contributed by atoms with Gasteiger partial charge >= 0.3 is 6.03 Å². The van der Waals surface area contributed by atoms with Gasteiger partial charge in [-0.05, 0) is 25.0 Å². The van der Waals surface area contributed by atoms with Crippen LogP contribution in [-0.4, -0.2) is 74.5 Å². The summed E-state index contributed by atoms with van der Waals surface area (Å²) in [5.41, 5.74) is 1.21.